The highest BCUT2D eigenvalue weighted by Crippen LogP contribution is 2.65. The minimum Gasteiger partial charge on any atom is -0.503 e. The van der Waals surface area contributed by atoms with E-state index in [2.05, 4.69) is 42.2 Å². The SMILES string of the molecule is COc1cc([C@H]2C3=CC[C@@H]4C(=O)N(c5ccc(N6CCOCC6)cc5)C(=O)[C@@H]4[C@@H]3C[C@H]3C(=O)N(Nc4ccc(C)cc4)C(=O)[C@@]23c2ccccc2)c(Br)c(Br)c1O. The molecule has 9 rings (SSSR count). The van der Waals surface area contributed by atoms with Crippen LogP contribution in [0.25, 0.3) is 0 Å². The second-order valence-electron chi connectivity index (χ2n) is 15.4. The largest absolute Gasteiger partial charge is 0.503 e. The van der Waals surface area contributed by atoms with Crippen molar-refractivity contribution in [2.75, 3.05) is 48.6 Å². The Morgan fingerprint density at radius 2 is 1.53 bits per heavy atom. The standard InChI is InChI=1S/C44H40Br2N4O7/c1-24-8-10-26(11-9-24)47-50-41(53)33-22-31-29(16-17-30-35(31)42(54)49(40(30)52)28-14-12-27(13-15-28)48-18-20-57-21-19-48)36(32-23-34(56-2)39(51)38(46)37(32)45)44(33,43(50)55)25-6-4-3-5-7-25/h3-16,23,30-31,33,35-36,47,51H,17-22H2,1-2H3/t30-,31+,33-,35-,36+,44+/m0/s1. The Labute approximate surface area is 346 Å². The van der Waals surface area contributed by atoms with Gasteiger partial charge in [-0.15, -0.1) is 0 Å². The molecule has 0 spiro atoms. The van der Waals surface area contributed by atoms with Gasteiger partial charge in [-0.25, -0.2) is 0 Å². The molecule has 5 aliphatic rings. The molecule has 3 aliphatic heterocycles. The third kappa shape index (κ3) is 5.75. The number of carbonyl (C=O) groups is 4. The first-order chi connectivity index (χ1) is 27.6. The summed E-state index contributed by atoms with van der Waals surface area (Å²) >= 11 is 7.30. The van der Waals surface area contributed by atoms with Gasteiger partial charge in [-0.2, -0.15) is 5.01 Å². The van der Waals surface area contributed by atoms with Gasteiger partial charge in [0.05, 0.1) is 59.3 Å². The zero-order valence-electron chi connectivity index (χ0n) is 31.3. The number of aromatic hydroxyl groups is 1. The van der Waals surface area contributed by atoms with Crippen LogP contribution in [0.15, 0.2) is 106 Å². The molecule has 3 saturated heterocycles. The lowest BCUT2D eigenvalue weighted by molar-refractivity contribution is -0.138. The maximum Gasteiger partial charge on any atom is 0.260 e. The second kappa shape index (κ2) is 14.4. The first kappa shape index (κ1) is 37.6. The third-order valence-corrected chi connectivity index (χ3v) is 14.7. The van der Waals surface area contributed by atoms with Crippen molar-refractivity contribution in [1.82, 2.24) is 5.01 Å². The lowest BCUT2D eigenvalue weighted by Gasteiger charge is -2.51. The summed E-state index contributed by atoms with van der Waals surface area (Å²) in [4.78, 5) is 63.2. The van der Waals surface area contributed by atoms with Crippen LogP contribution in [0.3, 0.4) is 0 Å². The predicted molar refractivity (Wildman–Crippen MR) is 221 cm³/mol. The van der Waals surface area contributed by atoms with Crippen LogP contribution in [0.1, 0.15) is 35.4 Å². The number of hydrogen-bond donors (Lipinski definition) is 2. The molecule has 4 amide bonds. The van der Waals surface area contributed by atoms with Crippen LogP contribution in [-0.2, 0) is 29.3 Å². The molecule has 2 N–H and O–H groups in total. The Balaban J connectivity index is 1.19. The highest BCUT2D eigenvalue weighted by molar-refractivity contribution is 9.13. The van der Waals surface area contributed by atoms with E-state index in [1.54, 1.807) is 6.07 Å². The molecule has 0 unspecified atom stereocenters. The van der Waals surface area contributed by atoms with Gasteiger partial charge in [0, 0.05) is 29.2 Å². The van der Waals surface area contributed by atoms with E-state index in [9.17, 15) is 14.7 Å². The predicted octanol–water partition coefficient (Wildman–Crippen LogP) is 7.26. The van der Waals surface area contributed by atoms with Gasteiger partial charge in [-0.3, -0.25) is 29.5 Å². The summed E-state index contributed by atoms with van der Waals surface area (Å²) in [6, 6.07) is 26.0. The molecule has 2 aliphatic carbocycles. The first-order valence-corrected chi connectivity index (χ1v) is 20.7. The van der Waals surface area contributed by atoms with Crippen LogP contribution in [0.4, 0.5) is 17.1 Å². The Morgan fingerprint density at radius 1 is 0.842 bits per heavy atom. The van der Waals surface area contributed by atoms with Gasteiger partial charge in [-0.1, -0.05) is 59.7 Å². The summed E-state index contributed by atoms with van der Waals surface area (Å²) in [6.45, 7) is 4.74. The summed E-state index contributed by atoms with van der Waals surface area (Å²) in [6.07, 6.45) is 2.45. The van der Waals surface area contributed by atoms with Crippen molar-refractivity contribution in [3.05, 3.63) is 122 Å². The number of carbonyl (C=O) groups excluding carboxylic acids is 4. The smallest absolute Gasteiger partial charge is 0.260 e. The fraction of sp³-hybridized carbons (Fsp3) is 0.318. The quantitative estimate of drug-likeness (QED) is 0.146. The van der Waals surface area contributed by atoms with E-state index in [0.717, 1.165) is 34.9 Å². The molecular formula is C44H40Br2N4O7. The van der Waals surface area contributed by atoms with E-state index in [-0.39, 0.29) is 36.2 Å². The molecule has 57 heavy (non-hydrogen) atoms. The number of ether oxygens (including phenoxy) is 2. The molecular weight excluding hydrogens is 856 g/mol. The molecule has 1 saturated carbocycles. The normalized spacial score (nSPS) is 26.9. The average Bonchev–Trinajstić information content (AvgIpc) is 3.62. The van der Waals surface area contributed by atoms with Crippen LogP contribution in [0, 0.1) is 30.6 Å². The number of allylic oxidation sites excluding steroid dienone is 2. The number of rotatable bonds is 7. The zero-order valence-corrected chi connectivity index (χ0v) is 34.5. The number of morpholine rings is 1. The maximum absolute atomic E-state index is 15.5. The molecule has 0 bridgehead atoms. The number of hydrogen-bond acceptors (Lipinski definition) is 9. The Bertz CT molecular complexity index is 2330. The molecule has 13 heteroatoms. The Kier molecular flexibility index (Phi) is 9.52. The molecule has 4 aromatic rings. The lowest BCUT2D eigenvalue weighted by atomic mass is 9.49. The summed E-state index contributed by atoms with van der Waals surface area (Å²) in [7, 11) is 1.45. The van der Waals surface area contributed by atoms with E-state index in [0.29, 0.717) is 44.7 Å². The van der Waals surface area contributed by atoms with Crippen molar-refractivity contribution in [3.63, 3.8) is 0 Å². The third-order valence-electron chi connectivity index (χ3n) is 12.6. The fourth-order valence-electron chi connectivity index (χ4n) is 9.96. The highest BCUT2D eigenvalue weighted by atomic mass is 79.9. The number of anilines is 3. The van der Waals surface area contributed by atoms with Crippen LogP contribution in [0.2, 0.25) is 0 Å². The van der Waals surface area contributed by atoms with Crippen molar-refractivity contribution in [2.45, 2.75) is 31.1 Å². The summed E-state index contributed by atoms with van der Waals surface area (Å²) < 4.78 is 12.0. The number of aryl methyl sites for hydroxylation is 1. The van der Waals surface area contributed by atoms with E-state index in [1.165, 1.54) is 12.0 Å². The van der Waals surface area contributed by atoms with E-state index in [4.69, 9.17) is 9.47 Å². The monoisotopic (exact) mass is 894 g/mol. The van der Waals surface area contributed by atoms with Crippen molar-refractivity contribution >= 4 is 72.6 Å². The molecule has 6 atom stereocenters. The second-order valence-corrected chi connectivity index (χ2v) is 16.9. The number of nitrogens with one attached hydrogen (secondary N) is 1. The average molecular weight is 897 g/mol. The number of imide groups is 2. The molecule has 4 fully saturated rings. The van der Waals surface area contributed by atoms with Gasteiger partial charge < -0.3 is 19.5 Å². The number of benzene rings is 4. The number of halogens is 2. The first-order valence-electron chi connectivity index (χ1n) is 19.1. The Morgan fingerprint density at radius 3 is 2.21 bits per heavy atom. The van der Waals surface area contributed by atoms with Gasteiger partial charge in [-0.05, 0) is 111 Å². The number of fused-ring (bicyclic) bond motifs is 4. The molecule has 4 aromatic carbocycles. The van der Waals surface area contributed by atoms with Crippen molar-refractivity contribution in [3.8, 4) is 11.5 Å². The van der Waals surface area contributed by atoms with Crippen LogP contribution in [0.5, 0.6) is 11.5 Å². The summed E-state index contributed by atoms with van der Waals surface area (Å²) in [5.41, 5.74) is 6.75. The number of methoxy groups -OCH3 is 1. The summed E-state index contributed by atoms with van der Waals surface area (Å²) in [5.74, 6) is -5.17. The Hall–Kier alpha value is -4.98. The van der Waals surface area contributed by atoms with Crippen LogP contribution >= 0.6 is 31.9 Å². The fourth-order valence-corrected chi connectivity index (χ4v) is 10.9. The molecule has 0 radical (unpaired) electrons. The minimum atomic E-state index is -1.49. The molecule has 292 valence electrons. The maximum atomic E-state index is 15.5. The number of amides is 4. The van der Waals surface area contributed by atoms with Gasteiger partial charge in [0.15, 0.2) is 11.5 Å². The van der Waals surface area contributed by atoms with E-state index >= 15 is 9.59 Å². The zero-order chi connectivity index (χ0) is 39.7. The minimum absolute atomic E-state index is 0.133. The number of nitrogens with zero attached hydrogens (tertiary/aromatic N) is 3. The van der Waals surface area contributed by atoms with Crippen LogP contribution < -0.4 is 20.0 Å². The molecule has 3 heterocycles. The topological polar surface area (TPSA) is 129 Å². The number of phenolic OH excluding ortho intramolecular Hbond substituents is 1. The van der Waals surface area contributed by atoms with E-state index < -0.39 is 46.8 Å². The van der Waals surface area contributed by atoms with Crippen molar-refractivity contribution in [1.29, 1.82) is 0 Å². The van der Waals surface area contributed by atoms with Crippen molar-refractivity contribution < 1.29 is 33.8 Å². The van der Waals surface area contributed by atoms with Gasteiger partial charge >= 0.3 is 0 Å². The molecule has 11 nitrogen and oxygen atoms in total. The molecule has 0 aromatic heterocycles. The van der Waals surface area contributed by atoms with Crippen LogP contribution in [-0.4, -0.2) is 67.2 Å². The summed E-state index contributed by atoms with van der Waals surface area (Å²) in [5, 5.41) is 12.2. The van der Waals surface area contributed by atoms with Crippen molar-refractivity contribution in [2.24, 2.45) is 23.7 Å². The van der Waals surface area contributed by atoms with E-state index in [1.807, 2.05) is 91.9 Å². The highest BCUT2D eigenvalue weighted by Gasteiger charge is 2.70. The van der Waals surface area contributed by atoms with Gasteiger partial charge in [0.1, 0.15) is 0 Å². The van der Waals surface area contributed by atoms with Gasteiger partial charge in [0.25, 0.3) is 11.8 Å². The number of hydrazine groups is 1. The number of phenols is 1. The lowest BCUT2D eigenvalue weighted by Crippen LogP contribution is -2.53. The van der Waals surface area contributed by atoms with Gasteiger partial charge in [0.2, 0.25) is 11.8 Å².